The lowest BCUT2D eigenvalue weighted by Gasteiger charge is -1.91. The molecule has 56 valence electrons. The van der Waals surface area contributed by atoms with Crippen molar-refractivity contribution in [3.8, 4) is 0 Å². The summed E-state index contributed by atoms with van der Waals surface area (Å²) in [6.45, 7) is 3.88. The van der Waals surface area contributed by atoms with Gasteiger partial charge in [-0.05, 0) is 13.8 Å². The van der Waals surface area contributed by atoms with Gasteiger partial charge in [-0.15, -0.1) is 0 Å². The molecule has 0 unspecified atom stereocenters. The lowest BCUT2D eigenvalue weighted by molar-refractivity contribution is 0.759. The molecule has 10 heavy (non-hydrogen) atoms. The second-order valence-electron chi connectivity index (χ2n) is 2.57. The van der Waals surface area contributed by atoms with E-state index in [9.17, 15) is 4.79 Å². The summed E-state index contributed by atoms with van der Waals surface area (Å²) in [6, 6.07) is 0. The van der Waals surface area contributed by atoms with E-state index in [1.807, 2.05) is 13.8 Å². The SMILES string of the molecule is Cc1c(C)n(C)c(=O)n1C. The van der Waals surface area contributed by atoms with Crippen LogP contribution in [0.1, 0.15) is 11.4 Å². The van der Waals surface area contributed by atoms with Gasteiger partial charge in [0.05, 0.1) is 0 Å². The number of aromatic nitrogens is 2. The standard InChI is InChI=1S/C7H12N2O/c1-5-6(2)9(4)7(10)8(5)3/h1-4H3. The van der Waals surface area contributed by atoms with Gasteiger partial charge in [-0.1, -0.05) is 0 Å². The van der Waals surface area contributed by atoms with Crippen LogP contribution < -0.4 is 5.69 Å². The first-order chi connectivity index (χ1) is 4.55. The zero-order valence-corrected chi connectivity index (χ0v) is 6.80. The molecule has 0 radical (unpaired) electrons. The fourth-order valence-electron chi connectivity index (χ4n) is 0.997. The maximum Gasteiger partial charge on any atom is 0.328 e. The van der Waals surface area contributed by atoms with Crippen molar-refractivity contribution in [2.24, 2.45) is 14.1 Å². The molecule has 1 rings (SSSR count). The summed E-state index contributed by atoms with van der Waals surface area (Å²) >= 11 is 0. The Morgan fingerprint density at radius 3 is 1.40 bits per heavy atom. The highest BCUT2D eigenvalue weighted by atomic mass is 16.1. The van der Waals surface area contributed by atoms with Crippen LogP contribution in [-0.4, -0.2) is 9.13 Å². The number of rotatable bonds is 0. The van der Waals surface area contributed by atoms with Crippen molar-refractivity contribution in [2.75, 3.05) is 0 Å². The first kappa shape index (κ1) is 7.12. The Morgan fingerprint density at radius 1 is 1.00 bits per heavy atom. The van der Waals surface area contributed by atoms with Crippen LogP contribution in [0.4, 0.5) is 0 Å². The molecule has 0 saturated heterocycles. The van der Waals surface area contributed by atoms with Crippen LogP contribution in [0, 0.1) is 13.8 Å². The van der Waals surface area contributed by atoms with Crippen LogP contribution in [-0.2, 0) is 14.1 Å². The molecule has 0 spiro atoms. The second-order valence-corrected chi connectivity index (χ2v) is 2.57. The molecule has 0 bridgehead atoms. The van der Waals surface area contributed by atoms with Gasteiger partial charge in [-0.25, -0.2) is 4.79 Å². The normalized spacial score (nSPS) is 10.4. The molecular formula is C7H12N2O. The summed E-state index contributed by atoms with van der Waals surface area (Å²) in [5.74, 6) is 0. The Hall–Kier alpha value is -0.990. The molecule has 1 aromatic heterocycles. The molecule has 0 amide bonds. The Balaban J connectivity index is 3.60. The minimum Gasteiger partial charge on any atom is -0.299 e. The van der Waals surface area contributed by atoms with E-state index >= 15 is 0 Å². The van der Waals surface area contributed by atoms with Gasteiger partial charge >= 0.3 is 5.69 Å². The second kappa shape index (κ2) is 2.01. The van der Waals surface area contributed by atoms with Gasteiger partial charge in [0.2, 0.25) is 0 Å². The molecule has 0 saturated carbocycles. The van der Waals surface area contributed by atoms with Crippen molar-refractivity contribution in [3.63, 3.8) is 0 Å². The van der Waals surface area contributed by atoms with Crippen molar-refractivity contribution in [2.45, 2.75) is 13.8 Å². The third-order valence-electron chi connectivity index (χ3n) is 2.10. The summed E-state index contributed by atoms with van der Waals surface area (Å²) < 4.78 is 3.30. The monoisotopic (exact) mass is 140 g/mol. The van der Waals surface area contributed by atoms with Crippen molar-refractivity contribution < 1.29 is 0 Å². The summed E-state index contributed by atoms with van der Waals surface area (Å²) in [5, 5.41) is 0. The van der Waals surface area contributed by atoms with Gasteiger partial charge in [0.25, 0.3) is 0 Å². The van der Waals surface area contributed by atoms with Crippen LogP contribution in [0.25, 0.3) is 0 Å². The van der Waals surface area contributed by atoms with Gasteiger partial charge < -0.3 is 0 Å². The van der Waals surface area contributed by atoms with E-state index < -0.39 is 0 Å². The van der Waals surface area contributed by atoms with Crippen LogP contribution in [0.15, 0.2) is 4.79 Å². The lowest BCUT2D eigenvalue weighted by atomic mass is 10.4. The van der Waals surface area contributed by atoms with Gasteiger partial charge in [0.15, 0.2) is 0 Å². The van der Waals surface area contributed by atoms with E-state index in [0.29, 0.717) is 0 Å². The Kier molecular flexibility index (Phi) is 1.43. The average Bonchev–Trinajstić information content (AvgIpc) is 2.07. The molecular weight excluding hydrogens is 128 g/mol. The molecule has 3 heteroatoms. The summed E-state index contributed by atoms with van der Waals surface area (Å²) in [6.07, 6.45) is 0. The molecule has 0 N–H and O–H groups in total. The topological polar surface area (TPSA) is 26.9 Å². The molecule has 0 aliphatic carbocycles. The number of imidazole rings is 1. The fourth-order valence-corrected chi connectivity index (χ4v) is 0.997. The number of nitrogens with zero attached hydrogens (tertiary/aromatic N) is 2. The molecule has 0 atom stereocenters. The fraction of sp³-hybridized carbons (Fsp3) is 0.571. The minimum absolute atomic E-state index is 0.0509. The first-order valence-corrected chi connectivity index (χ1v) is 3.24. The molecule has 1 heterocycles. The molecule has 0 aromatic carbocycles. The highest BCUT2D eigenvalue weighted by Crippen LogP contribution is 1.99. The molecule has 0 fully saturated rings. The summed E-state index contributed by atoms with van der Waals surface area (Å²) in [4.78, 5) is 11.1. The summed E-state index contributed by atoms with van der Waals surface area (Å²) in [7, 11) is 3.56. The van der Waals surface area contributed by atoms with Crippen molar-refractivity contribution in [1.82, 2.24) is 9.13 Å². The van der Waals surface area contributed by atoms with E-state index in [2.05, 4.69) is 0 Å². The smallest absolute Gasteiger partial charge is 0.299 e. The largest absolute Gasteiger partial charge is 0.328 e. The maximum absolute atomic E-state index is 11.1. The quantitative estimate of drug-likeness (QED) is 0.510. The van der Waals surface area contributed by atoms with Crippen LogP contribution in [0.2, 0.25) is 0 Å². The van der Waals surface area contributed by atoms with Gasteiger partial charge in [-0.2, -0.15) is 0 Å². The molecule has 0 aliphatic rings. The highest BCUT2D eigenvalue weighted by Gasteiger charge is 2.05. The molecule has 1 aromatic rings. The van der Waals surface area contributed by atoms with Gasteiger partial charge in [-0.3, -0.25) is 9.13 Å². The zero-order valence-electron chi connectivity index (χ0n) is 6.80. The number of hydrogen-bond acceptors (Lipinski definition) is 1. The van der Waals surface area contributed by atoms with Crippen LogP contribution in [0.5, 0.6) is 0 Å². The van der Waals surface area contributed by atoms with E-state index in [1.165, 1.54) is 0 Å². The Labute approximate surface area is 59.9 Å². The molecule has 3 nitrogen and oxygen atoms in total. The van der Waals surface area contributed by atoms with Gasteiger partial charge in [0.1, 0.15) is 0 Å². The highest BCUT2D eigenvalue weighted by molar-refractivity contribution is 5.10. The third kappa shape index (κ3) is 0.701. The minimum atomic E-state index is 0.0509. The summed E-state index contributed by atoms with van der Waals surface area (Å²) in [5.41, 5.74) is 2.12. The van der Waals surface area contributed by atoms with E-state index in [1.54, 1.807) is 23.2 Å². The van der Waals surface area contributed by atoms with Crippen molar-refractivity contribution in [1.29, 1.82) is 0 Å². The van der Waals surface area contributed by atoms with Crippen LogP contribution in [0.3, 0.4) is 0 Å². The average molecular weight is 140 g/mol. The maximum atomic E-state index is 11.1. The lowest BCUT2D eigenvalue weighted by Crippen LogP contribution is -2.20. The Bertz CT molecular complexity index is 278. The van der Waals surface area contributed by atoms with E-state index in [0.717, 1.165) is 11.4 Å². The van der Waals surface area contributed by atoms with Gasteiger partial charge in [0, 0.05) is 25.5 Å². The Morgan fingerprint density at radius 2 is 1.30 bits per heavy atom. The number of hydrogen-bond donors (Lipinski definition) is 0. The first-order valence-electron chi connectivity index (χ1n) is 3.24. The van der Waals surface area contributed by atoms with Crippen molar-refractivity contribution in [3.05, 3.63) is 21.9 Å². The van der Waals surface area contributed by atoms with Crippen molar-refractivity contribution >= 4 is 0 Å². The zero-order chi connectivity index (χ0) is 7.89. The predicted octanol–water partition coefficient (Wildman–Crippen LogP) is 0.341. The molecule has 0 aliphatic heterocycles. The van der Waals surface area contributed by atoms with E-state index in [-0.39, 0.29) is 5.69 Å². The van der Waals surface area contributed by atoms with Crippen LogP contribution >= 0.6 is 0 Å². The third-order valence-corrected chi connectivity index (χ3v) is 2.10. The van der Waals surface area contributed by atoms with E-state index in [4.69, 9.17) is 0 Å². The predicted molar refractivity (Wildman–Crippen MR) is 40.1 cm³/mol.